The first kappa shape index (κ1) is 10.7. The van der Waals surface area contributed by atoms with Gasteiger partial charge < -0.3 is 5.32 Å². The van der Waals surface area contributed by atoms with Gasteiger partial charge in [0.05, 0.1) is 0 Å². The van der Waals surface area contributed by atoms with Crippen molar-refractivity contribution in [1.82, 2.24) is 0 Å². The molecule has 0 aliphatic heterocycles. The monoisotopic (exact) mass is 194 g/mol. The molecule has 0 aromatic heterocycles. The fourth-order valence-corrected chi connectivity index (χ4v) is 1.07. The van der Waals surface area contributed by atoms with Crippen LogP contribution in [0.4, 0.5) is 10.1 Å². The molecule has 75 valence electrons. The summed E-state index contributed by atoms with van der Waals surface area (Å²) in [5.74, 6) is -0.589. The van der Waals surface area contributed by atoms with E-state index in [0.29, 0.717) is 12.1 Å². The fraction of sp³-hybridized carbons (Fsp3) is 0.364. The number of nitrogens with one attached hydrogen (secondary N) is 1. The van der Waals surface area contributed by atoms with Crippen LogP contribution in [0.15, 0.2) is 24.3 Å². The second-order valence-electron chi connectivity index (χ2n) is 3.02. The zero-order chi connectivity index (χ0) is 10.4. The summed E-state index contributed by atoms with van der Waals surface area (Å²) < 4.78 is 13.1. The van der Waals surface area contributed by atoms with E-state index < -0.39 is 12.1 Å². The highest BCUT2D eigenvalue weighted by molar-refractivity contribution is 5.93. The van der Waals surface area contributed by atoms with E-state index in [9.17, 15) is 9.18 Å². The Kier molecular flexibility index (Phi) is 4.11. The van der Waals surface area contributed by atoms with E-state index in [1.54, 1.807) is 24.3 Å². The van der Waals surface area contributed by atoms with Crippen molar-refractivity contribution in [2.75, 3.05) is 5.32 Å². The van der Waals surface area contributed by atoms with Gasteiger partial charge in [0.15, 0.2) is 6.17 Å². The van der Waals surface area contributed by atoms with E-state index in [0.717, 1.165) is 0 Å². The lowest BCUT2D eigenvalue weighted by Crippen LogP contribution is -2.23. The number of rotatable bonds is 4. The predicted octanol–water partition coefficient (Wildman–Crippen LogP) is 2.56. The normalized spacial score (nSPS) is 12.1. The summed E-state index contributed by atoms with van der Waals surface area (Å²) in [5, 5.41) is 2.46. The zero-order valence-corrected chi connectivity index (χ0v) is 8.09. The van der Waals surface area contributed by atoms with Crippen LogP contribution in [0.25, 0.3) is 0 Å². The van der Waals surface area contributed by atoms with Crippen LogP contribution in [-0.2, 0) is 4.79 Å². The largest absolute Gasteiger partial charge is 0.323 e. The Labute approximate surface area is 83.1 Å². The van der Waals surface area contributed by atoms with Gasteiger partial charge in [0.25, 0.3) is 5.91 Å². The summed E-state index contributed by atoms with van der Waals surface area (Å²) in [7, 11) is 0. The van der Waals surface area contributed by atoms with Gasteiger partial charge in [0.1, 0.15) is 0 Å². The van der Waals surface area contributed by atoms with Crippen LogP contribution in [-0.4, -0.2) is 12.1 Å². The molecular formula is C11H13FNO. The molecule has 0 aliphatic rings. The predicted molar refractivity (Wildman–Crippen MR) is 53.7 cm³/mol. The molecule has 1 rings (SSSR count). The van der Waals surface area contributed by atoms with Crippen molar-refractivity contribution in [3.05, 3.63) is 30.3 Å². The lowest BCUT2D eigenvalue weighted by atomic mass is 10.2. The minimum absolute atomic E-state index is 0.263. The second-order valence-corrected chi connectivity index (χ2v) is 3.02. The van der Waals surface area contributed by atoms with Gasteiger partial charge in [0, 0.05) is 11.8 Å². The SMILES string of the molecule is CCCC(F)C(=O)Nc1[c]cccc1. The number of halogens is 1. The maximum absolute atomic E-state index is 13.1. The summed E-state index contributed by atoms with van der Waals surface area (Å²) in [4.78, 5) is 11.2. The van der Waals surface area contributed by atoms with Gasteiger partial charge in [-0.05, 0) is 12.5 Å². The molecule has 1 aromatic rings. The van der Waals surface area contributed by atoms with E-state index in [1.807, 2.05) is 6.92 Å². The van der Waals surface area contributed by atoms with Gasteiger partial charge in [-0.25, -0.2) is 4.39 Å². The fourth-order valence-electron chi connectivity index (χ4n) is 1.07. The van der Waals surface area contributed by atoms with Gasteiger partial charge in [0.2, 0.25) is 0 Å². The van der Waals surface area contributed by atoms with E-state index in [2.05, 4.69) is 11.4 Å². The first-order valence-corrected chi connectivity index (χ1v) is 4.65. The molecule has 0 aliphatic carbocycles. The minimum atomic E-state index is -1.42. The van der Waals surface area contributed by atoms with Crippen molar-refractivity contribution in [1.29, 1.82) is 0 Å². The first-order valence-electron chi connectivity index (χ1n) is 4.65. The molecule has 0 fully saturated rings. The number of amides is 1. The Hall–Kier alpha value is -1.38. The molecule has 0 heterocycles. The Morgan fingerprint density at radius 3 is 3.00 bits per heavy atom. The number of para-hydroxylation sites is 1. The topological polar surface area (TPSA) is 29.1 Å². The van der Waals surface area contributed by atoms with Crippen molar-refractivity contribution >= 4 is 11.6 Å². The standard InChI is InChI=1S/C11H13FNO/c1-2-6-10(12)11(14)13-9-7-4-3-5-8-9/h3-5,7,10H,2,6H2,1H3,(H,13,14). The highest BCUT2D eigenvalue weighted by Crippen LogP contribution is 2.08. The molecule has 1 aromatic carbocycles. The van der Waals surface area contributed by atoms with E-state index >= 15 is 0 Å². The zero-order valence-electron chi connectivity index (χ0n) is 8.09. The number of benzene rings is 1. The number of alkyl halides is 1. The maximum Gasteiger partial charge on any atom is 0.258 e. The molecule has 0 saturated heterocycles. The second kappa shape index (κ2) is 5.37. The van der Waals surface area contributed by atoms with E-state index in [1.165, 1.54) is 0 Å². The van der Waals surface area contributed by atoms with Gasteiger partial charge in [-0.3, -0.25) is 4.79 Å². The summed E-state index contributed by atoms with van der Waals surface area (Å²) in [5.41, 5.74) is 0.510. The van der Waals surface area contributed by atoms with Crippen LogP contribution in [0.2, 0.25) is 0 Å². The average molecular weight is 194 g/mol. The summed E-state index contributed by atoms with van der Waals surface area (Å²) in [6.07, 6.45) is -0.500. The molecule has 0 saturated carbocycles. The molecule has 1 unspecified atom stereocenters. The number of carbonyl (C=O) groups is 1. The third-order valence-electron chi connectivity index (χ3n) is 1.79. The molecule has 2 nitrogen and oxygen atoms in total. The molecule has 1 atom stereocenters. The third-order valence-corrected chi connectivity index (χ3v) is 1.79. The average Bonchev–Trinajstić information content (AvgIpc) is 2.19. The van der Waals surface area contributed by atoms with Gasteiger partial charge >= 0.3 is 0 Å². The Morgan fingerprint density at radius 2 is 2.43 bits per heavy atom. The molecular weight excluding hydrogens is 181 g/mol. The lowest BCUT2D eigenvalue weighted by molar-refractivity contribution is -0.121. The molecule has 0 bridgehead atoms. The molecule has 1 N–H and O–H groups in total. The molecule has 14 heavy (non-hydrogen) atoms. The van der Waals surface area contributed by atoms with Crippen molar-refractivity contribution < 1.29 is 9.18 Å². The van der Waals surface area contributed by atoms with Crippen LogP contribution in [0.1, 0.15) is 19.8 Å². The Balaban J connectivity index is 2.49. The third kappa shape index (κ3) is 3.17. The van der Waals surface area contributed by atoms with Gasteiger partial charge in [-0.2, -0.15) is 0 Å². The van der Waals surface area contributed by atoms with Crippen LogP contribution in [0, 0.1) is 6.07 Å². The quantitative estimate of drug-likeness (QED) is 0.784. The van der Waals surface area contributed by atoms with Crippen molar-refractivity contribution in [2.45, 2.75) is 25.9 Å². The molecule has 1 amide bonds. The highest BCUT2D eigenvalue weighted by Gasteiger charge is 2.15. The van der Waals surface area contributed by atoms with Gasteiger partial charge in [-0.1, -0.05) is 31.5 Å². The van der Waals surface area contributed by atoms with E-state index in [4.69, 9.17) is 0 Å². The smallest absolute Gasteiger partial charge is 0.258 e. The van der Waals surface area contributed by atoms with E-state index in [-0.39, 0.29) is 6.42 Å². The molecule has 0 spiro atoms. The van der Waals surface area contributed by atoms with Crippen LogP contribution in [0.5, 0.6) is 0 Å². The number of anilines is 1. The van der Waals surface area contributed by atoms with Crippen molar-refractivity contribution in [3.8, 4) is 0 Å². The molecule has 1 radical (unpaired) electrons. The molecule has 3 heteroatoms. The minimum Gasteiger partial charge on any atom is -0.323 e. The van der Waals surface area contributed by atoms with Crippen molar-refractivity contribution in [3.63, 3.8) is 0 Å². The van der Waals surface area contributed by atoms with Gasteiger partial charge in [-0.15, -0.1) is 0 Å². The van der Waals surface area contributed by atoms with Crippen LogP contribution < -0.4 is 5.32 Å². The maximum atomic E-state index is 13.1. The Bertz CT molecular complexity index is 287. The highest BCUT2D eigenvalue weighted by atomic mass is 19.1. The first-order chi connectivity index (χ1) is 6.74. The Morgan fingerprint density at radius 1 is 1.64 bits per heavy atom. The summed E-state index contributed by atoms with van der Waals surface area (Å²) >= 11 is 0. The van der Waals surface area contributed by atoms with Crippen LogP contribution >= 0.6 is 0 Å². The summed E-state index contributed by atoms with van der Waals surface area (Å²) in [6, 6.07) is 9.69. The number of hydrogen-bond donors (Lipinski definition) is 1. The van der Waals surface area contributed by atoms with Crippen LogP contribution in [0.3, 0.4) is 0 Å². The number of carbonyl (C=O) groups excluding carboxylic acids is 1. The number of hydrogen-bond acceptors (Lipinski definition) is 1. The van der Waals surface area contributed by atoms with Crippen molar-refractivity contribution in [2.24, 2.45) is 0 Å². The summed E-state index contributed by atoms with van der Waals surface area (Å²) in [6.45, 7) is 1.84. The lowest BCUT2D eigenvalue weighted by Gasteiger charge is -2.07.